The molecule has 0 bridgehead atoms. The Morgan fingerprint density at radius 1 is 1.26 bits per heavy atom. The summed E-state index contributed by atoms with van der Waals surface area (Å²) >= 11 is 6.64. The Morgan fingerprint density at radius 2 is 2.03 bits per heavy atom. The number of nitrogen functional groups attached to an aromatic ring is 1. The highest BCUT2D eigenvalue weighted by molar-refractivity contribution is 6.34. The van der Waals surface area contributed by atoms with E-state index in [1.807, 2.05) is 43.5 Å². The molecule has 0 aliphatic heterocycles. The second-order valence-electron chi connectivity index (χ2n) is 7.61. The van der Waals surface area contributed by atoms with Crippen LogP contribution < -0.4 is 11.1 Å². The zero-order valence-corrected chi connectivity index (χ0v) is 17.5. The molecule has 1 aliphatic carbocycles. The first-order valence-electron chi connectivity index (χ1n) is 9.98. The average Bonchev–Trinajstić information content (AvgIpc) is 3.58. The number of rotatable bonds is 5. The number of anilines is 2. The average molecular weight is 431 g/mol. The largest absolute Gasteiger partial charge is 0.382 e. The minimum Gasteiger partial charge on any atom is -0.382 e. The Kier molecular flexibility index (Phi) is 4.68. The topological polar surface area (TPSA) is 118 Å². The van der Waals surface area contributed by atoms with Crippen molar-refractivity contribution in [1.29, 1.82) is 5.26 Å². The minimum atomic E-state index is -0.249. The van der Waals surface area contributed by atoms with E-state index >= 15 is 0 Å². The molecule has 3 aromatic heterocycles. The van der Waals surface area contributed by atoms with Crippen molar-refractivity contribution in [2.45, 2.75) is 31.7 Å². The third kappa shape index (κ3) is 3.43. The van der Waals surface area contributed by atoms with Gasteiger partial charge in [0.15, 0.2) is 5.65 Å². The number of fused-ring (bicyclic) bond motifs is 1. The lowest BCUT2D eigenvalue weighted by molar-refractivity contribution is 0.818. The molecule has 31 heavy (non-hydrogen) atoms. The van der Waals surface area contributed by atoms with Crippen LogP contribution in [0.25, 0.3) is 16.9 Å². The van der Waals surface area contributed by atoms with E-state index in [2.05, 4.69) is 21.4 Å². The highest BCUT2D eigenvalue weighted by Crippen LogP contribution is 2.44. The van der Waals surface area contributed by atoms with Gasteiger partial charge >= 0.3 is 0 Å². The number of halogens is 1. The molecule has 0 radical (unpaired) electrons. The van der Waals surface area contributed by atoms with Crippen molar-refractivity contribution in [2.24, 2.45) is 0 Å². The molecular formula is C22H19ClN8. The lowest BCUT2D eigenvalue weighted by atomic mass is 10.0. The SMILES string of the molecule is C[C@H](Nc1ncnc(N)c1C#N)c1cn2nc(C3CC3)c(Cl)c2nc1-c1ccccc1. The number of aromatic nitrogens is 5. The van der Waals surface area contributed by atoms with Gasteiger partial charge in [-0.3, -0.25) is 0 Å². The van der Waals surface area contributed by atoms with Crippen LogP contribution in [0, 0.1) is 11.3 Å². The van der Waals surface area contributed by atoms with E-state index in [4.69, 9.17) is 27.4 Å². The van der Waals surface area contributed by atoms with Gasteiger partial charge in [-0.1, -0.05) is 41.9 Å². The van der Waals surface area contributed by atoms with E-state index in [-0.39, 0.29) is 17.4 Å². The molecule has 3 N–H and O–H groups in total. The second-order valence-corrected chi connectivity index (χ2v) is 7.99. The summed E-state index contributed by atoms with van der Waals surface area (Å²) in [5.74, 6) is 0.923. The fraction of sp³-hybridized carbons (Fsp3) is 0.227. The van der Waals surface area contributed by atoms with Crippen LogP contribution in [-0.2, 0) is 0 Å². The van der Waals surface area contributed by atoms with Gasteiger partial charge in [-0.25, -0.2) is 19.5 Å². The second kappa shape index (κ2) is 7.52. The van der Waals surface area contributed by atoms with Crippen LogP contribution in [0.2, 0.25) is 5.02 Å². The van der Waals surface area contributed by atoms with Crippen molar-refractivity contribution < 1.29 is 0 Å². The molecule has 8 nitrogen and oxygen atoms in total. The maximum Gasteiger partial charge on any atom is 0.174 e. The van der Waals surface area contributed by atoms with E-state index in [1.165, 1.54) is 6.33 Å². The summed E-state index contributed by atoms with van der Waals surface area (Å²) < 4.78 is 1.75. The Bertz CT molecular complexity index is 1320. The smallest absolute Gasteiger partial charge is 0.174 e. The van der Waals surface area contributed by atoms with Crippen LogP contribution in [0.3, 0.4) is 0 Å². The summed E-state index contributed by atoms with van der Waals surface area (Å²) in [5, 5.41) is 18.1. The van der Waals surface area contributed by atoms with Gasteiger partial charge in [0.1, 0.15) is 34.6 Å². The van der Waals surface area contributed by atoms with E-state index in [0.717, 1.165) is 35.4 Å². The van der Waals surface area contributed by atoms with Crippen LogP contribution in [0.5, 0.6) is 0 Å². The predicted octanol–water partition coefficient (Wildman–Crippen LogP) is 4.34. The first-order valence-corrected chi connectivity index (χ1v) is 10.4. The van der Waals surface area contributed by atoms with Crippen molar-refractivity contribution >= 4 is 28.9 Å². The molecule has 1 saturated carbocycles. The van der Waals surface area contributed by atoms with Gasteiger partial charge in [0.2, 0.25) is 0 Å². The third-order valence-corrected chi connectivity index (χ3v) is 5.79. The molecule has 5 rings (SSSR count). The molecule has 0 unspecified atom stereocenters. The molecule has 1 aromatic carbocycles. The highest BCUT2D eigenvalue weighted by atomic mass is 35.5. The zero-order valence-electron chi connectivity index (χ0n) is 16.7. The van der Waals surface area contributed by atoms with Crippen molar-refractivity contribution in [3.05, 3.63) is 64.7 Å². The Balaban J connectivity index is 1.64. The van der Waals surface area contributed by atoms with Gasteiger partial charge in [-0.2, -0.15) is 10.4 Å². The fourth-order valence-electron chi connectivity index (χ4n) is 3.64. The van der Waals surface area contributed by atoms with E-state index < -0.39 is 0 Å². The van der Waals surface area contributed by atoms with Gasteiger partial charge in [0, 0.05) is 23.2 Å². The number of benzene rings is 1. The monoisotopic (exact) mass is 430 g/mol. The summed E-state index contributed by atoms with van der Waals surface area (Å²) in [7, 11) is 0. The van der Waals surface area contributed by atoms with Crippen molar-refractivity contribution in [3.63, 3.8) is 0 Å². The molecule has 0 amide bonds. The molecule has 3 heterocycles. The van der Waals surface area contributed by atoms with Gasteiger partial charge in [-0.05, 0) is 19.8 Å². The van der Waals surface area contributed by atoms with Crippen molar-refractivity contribution in [1.82, 2.24) is 24.6 Å². The van der Waals surface area contributed by atoms with Gasteiger partial charge in [0.05, 0.1) is 17.4 Å². The molecular weight excluding hydrogens is 412 g/mol. The normalized spacial score (nSPS) is 14.4. The summed E-state index contributed by atoms with van der Waals surface area (Å²) in [5.41, 5.74) is 10.2. The Morgan fingerprint density at radius 3 is 2.74 bits per heavy atom. The molecule has 1 atom stereocenters. The zero-order chi connectivity index (χ0) is 21.5. The Hall–Kier alpha value is -3.70. The van der Waals surface area contributed by atoms with Gasteiger partial charge < -0.3 is 11.1 Å². The maximum atomic E-state index is 9.46. The molecule has 0 saturated heterocycles. The highest BCUT2D eigenvalue weighted by Gasteiger charge is 2.31. The summed E-state index contributed by atoms with van der Waals surface area (Å²) in [6, 6.07) is 11.7. The number of nitrogens with two attached hydrogens (primary N) is 1. The number of hydrogen-bond donors (Lipinski definition) is 2. The van der Waals surface area contributed by atoms with Crippen LogP contribution in [0.4, 0.5) is 11.6 Å². The van der Waals surface area contributed by atoms with Crippen LogP contribution in [0.1, 0.15) is 48.5 Å². The Labute approximate surface area is 183 Å². The number of nitriles is 1. The molecule has 9 heteroatoms. The summed E-state index contributed by atoms with van der Waals surface area (Å²) in [4.78, 5) is 13.0. The maximum absolute atomic E-state index is 9.46. The summed E-state index contributed by atoms with van der Waals surface area (Å²) in [6.07, 6.45) is 5.48. The summed E-state index contributed by atoms with van der Waals surface area (Å²) in [6.45, 7) is 1.97. The standard InChI is InChI=1S/C22H19ClN8/c1-12(28-21-15(9-24)20(25)26-11-27-21)16-10-31-22(17(23)19(30-31)14-7-8-14)29-18(16)13-5-3-2-4-6-13/h2-6,10-12,14H,7-8H2,1H3,(H3,25,26,27,28)/t12-/m0/s1. The fourth-order valence-corrected chi connectivity index (χ4v) is 3.96. The molecule has 4 aromatic rings. The van der Waals surface area contributed by atoms with E-state index in [0.29, 0.717) is 22.4 Å². The minimum absolute atomic E-state index is 0.136. The quantitative estimate of drug-likeness (QED) is 0.483. The van der Waals surface area contributed by atoms with Crippen molar-refractivity contribution in [2.75, 3.05) is 11.1 Å². The van der Waals surface area contributed by atoms with Crippen molar-refractivity contribution in [3.8, 4) is 17.3 Å². The first-order chi connectivity index (χ1) is 15.1. The number of hydrogen-bond acceptors (Lipinski definition) is 7. The third-order valence-electron chi connectivity index (χ3n) is 5.43. The van der Waals surface area contributed by atoms with Crippen LogP contribution in [-0.4, -0.2) is 24.6 Å². The lowest BCUT2D eigenvalue weighted by Gasteiger charge is -2.19. The van der Waals surface area contributed by atoms with Crippen LogP contribution in [0.15, 0.2) is 42.9 Å². The first kappa shape index (κ1) is 19.3. The number of nitrogens with zero attached hydrogens (tertiary/aromatic N) is 6. The number of nitrogens with one attached hydrogen (secondary N) is 1. The van der Waals surface area contributed by atoms with E-state index in [9.17, 15) is 5.26 Å². The molecule has 1 fully saturated rings. The van der Waals surface area contributed by atoms with Gasteiger partial charge in [0.25, 0.3) is 0 Å². The van der Waals surface area contributed by atoms with E-state index in [1.54, 1.807) is 4.52 Å². The lowest BCUT2D eigenvalue weighted by Crippen LogP contribution is -2.14. The molecule has 1 aliphatic rings. The van der Waals surface area contributed by atoms with Gasteiger partial charge in [-0.15, -0.1) is 0 Å². The van der Waals surface area contributed by atoms with Crippen LogP contribution >= 0.6 is 11.6 Å². The molecule has 154 valence electrons. The molecule has 0 spiro atoms. The predicted molar refractivity (Wildman–Crippen MR) is 119 cm³/mol.